The van der Waals surface area contributed by atoms with Crippen LogP contribution in [0.3, 0.4) is 0 Å². The number of benzene rings is 1. The smallest absolute Gasteiger partial charge is 0.0408 e. The molecule has 0 fully saturated rings. The van der Waals surface area contributed by atoms with Crippen LogP contribution in [0.4, 0.5) is 5.69 Å². The number of anilines is 1. The Kier molecular flexibility index (Phi) is 4.98. The molecule has 0 aliphatic carbocycles. The van der Waals surface area contributed by atoms with E-state index >= 15 is 0 Å². The van der Waals surface area contributed by atoms with E-state index in [2.05, 4.69) is 70.0 Å². The van der Waals surface area contributed by atoms with Crippen LogP contribution < -0.4 is 10.2 Å². The molecule has 1 aromatic carbocycles. The molecule has 0 saturated heterocycles. The molecule has 0 bridgehead atoms. The van der Waals surface area contributed by atoms with Gasteiger partial charge in [-0.25, -0.2) is 0 Å². The lowest BCUT2D eigenvalue weighted by Crippen LogP contribution is -2.51. The maximum Gasteiger partial charge on any atom is 0.0408 e. The molecule has 2 nitrogen and oxygen atoms in total. The molecule has 1 aliphatic heterocycles. The van der Waals surface area contributed by atoms with Gasteiger partial charge in [-0.3, -0.25) is 0 Å². The third kappa shape index (κ3) is 3.42. The number of hydrogen-bond donors (Lipinski definition) is 1. The van der Waals surface area contributed by atoms with Crippen LogP contribution in [0.5, 0.6) is 0 Å². The van der Waals surface area contributed by atoms with Gasteiger partial charge in [0, 0.05) is 23.8 Å². The van der Waals surface area contributed by atoms with E-state index in [1.165, 1.54) is 29.7 Å². The van der Waals surface area contributed by atoms with Gasteiger partial charge in [-0.05, 0) is 70.2 Å². The van der Waals surface area contributed by atoms with Crippen LogP contribution in [0.2, 0.25) is 0 Å². The predicted molar refractivity (Wildman–Crippen MR) is 93.2 cm³/mol. The number of nitrogens with zero attached hydrogens (tertiary/aromatic N) is 1. The highest BCUT2D eigenvalue weighted by Crippen LogP contribution is 2.44. The Hall–Kier alpha value is -1.02. The lowest BCUT2D eigenvalue weighted by molar-refractivity contribution is 0.356. The predicted octanol–water partition coefficient (Wildman–Crippen LogP) is 4.69. The van der Waals surface area contributed by atoms with Gasteiger partial charge in [0.15, 0.2) is 0 Å². The van der Waals surface area contributed by atoms with E-state index in [0.717, 1.165) is 13.1 Å². The highest BCUT2D eigenvalue weighted by molar-refractivity contribution is 5.61. The molecule has 0 aromatic heterocycles. The van der Waals surface area contributed by atoms with Gasteiger partial charge in [-0.2, -0.15) is 0 Å². The van der Waals surface area contributed by atoms with Crippen LogP contribution >= 0.6 is 0 Å². The third-order valence-corrected chi connectivity index (χ3v) is 4.61. The quantitative estimate of drug-likeness (QED) is 0.791. The Morgan fingerprint density at radius 3 is 2.67 bits per heavy atom. The average molecular weight is 288 g/mol. The molecule has 2 rings (SSSR count). The van der Waals surface area contributed by atoms with Crippen molar-refractivity contribution >= 4 is 5.69 Å². The van der Waals surface area contributed by atoms with Crippen LogP contribution in [-0.2, 0) is 6.54 Å². The van der Waals surface area contributed by atoms with Crippen molar-refractivity contribution in [1.82, 2.24) is 5.32 Å². The largest absolute Gasteiger partial charge is 0.364 e. The van der Waals surface area contributed by atoms with Gasteiger partial charge in [-0.1, -0.05) is 26.0 Å². The number of hydrogen-bond acceptors (Lipinski definition) is 2. The third-order valence-electron chi connectivity index (χ3n) is 4.61. The Morgan fingerprint density at radius 1 is 1.33 bits per heavy atom. The molecule has 0 spiro atoms. The number of nitrogens with one attached hydrogen (secondary N) is 1. The number of rotatable bonds is 5. The Balaban J connectivity index is 2.32. The fourth-order valence-electron chi connectivity index (χ4n) is 4.00. The van der Waals surface area contributed by atoms with Crippen molar-refractivity contribution < 1.29 is 0 Å². The molecule has 1 heterocycles. The summed E-state index contributed by atoms with van der Waals surface area (Å²) in [6.45, 7) is 16.0. The first-order valence-corrected chi connectivity index (χ1v) is 8.49. The molecule has 2 heteroatoms. The monoisotopic (exact) mass is 288 g/mol. The lowest BCUT2D eigenvalue weighted by Gasteiger charge is -2.50. The SMILES string of the molecule is CCCNCc1ccc2c(c1)[C@@H](C)CC(C)(C)N2C(C)C. The first-order valence-electron chi connectivity index (χ1n) is 8.49. The fraction of sp³-hybridized carbons (Fsp3) is 0.684. The summed E-state index contributed by atoms with van der Waals surface area (Å²) in [7, 11) is 0. The second kappa shape index (κ2) is 6.39. The summed E-state index contributed by atoms with van der Waals surface area (Å²) in [5.74, 6) is 0.635. The maximum atomic E-state index is 3.51. The molecule has 1 N–H and O–H groups in total. The summed E-state index contributed by atoms with van der Waals surface area (Å²) in [6.07, 6.45) is 2.42. The molecule has 118 valence electrons. The van der Waals surface area contributed by atoms with Gasteiger partial charge >= 0.3 is 0 Å². The standard InChI is InChI=1S/C19H32N2/c1-7-10-20-13-16-8-9-18-17(11-16)15(4)12-19(5,6)21(18)14(2)3/h8-9,11,14-15,20H,7,10,12-13H2,1-6H3/t15-/m0/s1. The van der Waals surface area contributed by atoms with Crippen molar-refractivity contribution in [3.8, 4) is 0 Å². The Bertz CT molecular complexity index is 476. The second-order valence-electron chi connectivity index (χ2n) is 7.45. The van der Waals surface area contributed by atoms with Crippen molar-refractivity contribution in [2.75, 3.05) is 11.4 Å². The summed E-state index contributed by atoms with van der Waals surface area (Å²) in [4.78, 5) is 2.60. The van der Waals surface area contributed by atoms with Crippen molar-refractivity contribution in [2.24, 2.45) is 0 Å². The molecule has 1 aliphatic rings. The van der Waals surface area contributed by atoms with Crippen molar-refractivity contribution in [3.63, 3.8) is 0 Å². The van der Waals surface area contributed by atoms with Gasteiger partial charge in [0.1, 0.15) is 0 Å². The summed E-state index contributed by atoms with van der Waals surface area (Å²) in [5, 5.41) is 3.51. The maximum absolute atomic E-state index is 3.51. The van der Waals surface area contributed by atoms with E-state index in [9.17, 15) is 0 Å². The van der Waals surface area contributed by atoms with Crippen molar-refractivity contribution in [1.29, 1.82) is 0 Å². The molecule has 1 atom stereocenters. The van der Waals surface area contributed by atoms with Crippen LogP contribution in [0.25, 0.3) is 0 Å². The van der Waals surface area contributed by atoms with E-state index in [-0.39, 0.29) is 5.54 Å². The van der Waals surface area contributed by atoms with Gasteiger partial charge in [0.05, 0.1) is 0 Å². The minimum absolute atomic E-state index is 0.239. The van der Waals surface area contributed by atoms with E-state index in [4.69, 9.17) is 0 Å². The van der Waals surface area contributed by atoms with E-state index in [1.807, 2.05) is 0 Å². The molecular formula is C19H32N2. The summed E-state index contributed by atoms with van der Waals surface area (Å²) < 4.78 is 0. The normalized spacial score (nSPS) is 20.7. The van der Waals surface area contributed by atoms with Crippen LogP contribution in [0.15, 0.2) is 18.2 Å². The Morgan fingerprint density at radius 2 is 2.05 bits per heavy atom. The summed E-state index contributed by atoms with van der Waals surface area (Å²) >= 11 is 0. The molecule has 21 heavy (non-hydrogen) atoms. The molecule has 0 amide bonds. The van der Waals surface area contributed by atoms with Gasteiger partial charge < -0.3 is 10.2 Å². The first kappa shape index (κ1) is 16.4. The Labute approximate surface area is 130 Å². The lowest BCUT2D eigenvalue weighted by atomic mass is 9.79. The first-order chi connectivity index (χ1) is 9.86. The van der Waals surface area contributed by atoms with Gasteiger partial charge in [0.25, 0.3) is 0 Å². The molecule has 0 radical (unpaired) electrons. The molecular weight excluding hydrogens is 256 g/mol. The van der Waals surface area contributed by atoms with Crippen LogP contribution in [-0.4, -0.2) is 18.1 Å². The zero-order chi connectivity index (χ0) is 15.6. The second-order valence-corrected chi connectivity index (χ2v) is 7.45. The van der Waals surface area contributed by atoms with E-state index in [1.54, 1.807) is 0 Å². The zero-order valence-electron chi connectivity index (χ0n) is 14.7. The number of fused-ring (bicyclic) bond motifs is 1. The minimum atomic E-state index is 0.239. The van der Waals surface area contributed by atoms with Gasteiger partial charge in [0.2, 0.25) is 0 Å². The van der Waals surface area contributed by atoms with Crippen LogP contribution in [0, 0.1) is 0 Å². The fourth-order valence-corrected chi connectivity index (χ4v) is 4.00. The highest BCUT2D eigenvalue weighted by Gasteiger charge is 2.37. The minimum Gasteiger partial charge on any atom is -0.364 e. The topological polar surface area (TPSA) is 15.3 Å². The molecule has 0 unspecified atom stereocenters. The molecule has 1 aromatic rings. The van der Waals surface area contributed by atoms with E-state index in [0.29, 0.717) is 12.0 Å². The highest BCUT2D eigenvalue weighted by atomic mass is 15.2. The van der Waals surface area contributed by atoms with Crippen LogP contribution in [0.1, 0.15) is 71.4 Å². The average Bonchev–Trinajstić information content (AvgIpc) is 2.38. The van der Waals surface area contributed by atoms with Crippen molar-refractivity contribution in [2.45, 2.75) is 78.4 Å². The van der Waals surface area contributed by atoms with E-state index < -0.39 is 0 Å². The molecule has 0 saturated carbocycles. The van der Waals surface area contributed by atoms with Gasteiger partial charge in [-0.15, -0.1) is 0 Å². The van der Waals surface area contributed by atoms with Crippen molar-refractivity contribution in [3.05, 3.63) is 29.3 Å². The zero-order valence-corrected chi connectivity index (χ0v) is 14.7. The summed E-state index contributed by atoms with van der Waals surface area (Å²) in [6, 6.07) is 7.60. The summed E-state index contributed by atoms with van der Waals surface area (Å²) in [5.41, 5.74) is 4.62.